The summed E-state index contributed by atoms with van der Waals surface area (Å²) in [5, 5.41) is 4.23. The molecule has 0 bridgehead atoms. The highest BCUT2D eigenvalue weighted by Crippen LogP contribution is 2.21. The lowest BCUT2D eigenvalue weighted by molar-refractivity contribution is 0.521. The topological polar surface area (TPSA) is 89.8 Å². The number of hydrogen-bond acceptors (Lipinski definition) is 5. The van der Waals surface area contributed by atoms with E-state index in [0.29, 0.717) is 5.82 Å². The number of halogens is 2. The molecule has 0 fully saturated rings. The Hall–Kier alpha value is -2.88. The van der Waals surface area contributed by atoms with Gasteiger partial charge in [0.05, 0.1) is 5.69 Å². The number of sulfonamides is 1. The summed E-state index contributed by atoms with van der Waals surface area (Å²) in [4.78, 5) is 6.74. The Kier molecular flexibility index (Phi) is 4.21. The summed E-state index contributed by atoms with van der Waals surface area (Å²) in [5.41, 5.74) is 1.54. The van der Waals surface area contributed by atoms with E-state index in [2.05, 4.69) is 19.8 Å². The Bertz CT molecular complexity index is 1030. The fourth-order valence-electron chi connectivity index (χ4n) is 2.31. The number of nitrogens with zero attached hydrogens (tertiary/aromatic N) is 4. The van der Waals surface area contributed by atoms with Crippen molar-refractivity contribution in [3.05, 3.63) is 59.7 Å². The van der Waals surface area contributed by atoms with Gasteiger partial charge in [0.1, 0.15) is 23.8 Å². The van der Waals surface area contributed by atoms with Crippen LogP contribution in [0.25, 0.3) is 5.82 Å². The molecule has 130 valence electrons. The predicted octanol–water partition coefficient (Wildman–Crippen LogP) is 2.36. The monoisotopic (exact) mass is 365 g/mol. The minimum absolute atomic E-state index is 0.139. The molecule has 2 heterocycles. The third-order valence-corrected chi connectivity index (χ3v) is 4.71. The standard InChI is InChI=1S/C15H13F2N5O2S/c1-9-6-10(2)22(20-9)14-7-13(18-8-19-14)21-25(23,24)15-11(16)4-3-5-12(15)17/h3-8H,1-2H3,(H,18,19,21). The van der Waals surface area contributed by atoms with Gasteiger partial charge in [-0.05, 0) is 32.0 Å². The van der Waals surface area contributed by atoms with Crippen LogP contribution in [0, 0.1) is 25.5 Å². The first kappa shape index (κ1) is 17.0. The van der Waals surface area contributed by atoms with Crippen molar-refractivity contribution in [2.75, 3.05) is 4.72 Å². The Morgan fingerprint density at radius 1 is 1.08 bits per heavy atom. The molecule has 0 spiro atoms. The molecule has 1 aromatic carbocycles. The van der Waals surface area contributed by atoms with Gasteiger partial charge < -0.3 is 0 Å². The fourth-order valence-corrected chi connectivity index (χ4v) is 3.45. The van der Waals surface area contributed by atoms with Crippen molar-refractivity contribution in [2.24, 2.45) is 0 Å². The summed E-state index contributed by atoms with van der Waals surface area (Å²) in [7, 11) is -4.50. The smallest absolute Gasteiger partial charge is 0.263 e. The van der Waals surface area contributed by atoms with Crippen molar-refractivity contribution in [3.63, 3.8) is 0 Å². The molecule has 2 aromatic heterocycles. The van der Waals surface area contributed by atoms with Gasteiger partial charge in [-0.15, -0.1) is 0 Å². The van der Waals surface area contributed by atoms with E-state index in [9.17, 15) is 17.2 Å². The second kappa shape index (κ2) is 6.20. The van der Waals surface area contributed by atoms with E-state index in [4.69, 9.17) is 0 Å². The van der Waals surface area contributed by atoms with Crippen LogP contribution in [-0.2, 0) is 10.0 Å². The van der Waals surface area contributed by atoms with Crippen molar-refractivity contribution >= 4 is 15.8 Å². The third kappa shape index (κ3) is 3.33. The number of nitrogens with one attached hydrogen (secondary N) is 1. The van der Waals surface area contributed by atoms with Crippen LogP contribution in [0.15, 0.2) is 41.6 Å². The molecule has 0 aliphatic rings. The zero-order valence-corrected chi connectivity index (χ0v) is 14.1. The molecule has 0 atom stereocenters. The number of anilines is 1. The van der Waals surface area contributed by atoms with Gasteiger partial charge in [0.2, 0.25) is 0 Å². The van der Waals surface area contributed by atoms with E-state index in [0.717, 1.165) is 35.9 Å². The molecule has 0 aliphatic carbocycles. The predicted molar refractivity (Wildman–Crippen MR) is 85.8 cm³/mol. The number of rotatable bonds is 4. The maximum absolute atomic E-state index is 13.7. The number of aromatic nitrogens is 4. The van der Waals surface area contributed by atoms with Gasteiger partial charge in [-0.3, -0.25) is 4.72 Å². The van der Waals surface area contributed by atoms with Crippen molar-refractivity contribution in [1.82, 2.24) is 19.7 Å². The molecule has 0 aliphatic heterocycles. The van der Waals surface area contributed by atoms with Crippen LogP contribution in [0.1, 0.15) is 11.4 Å². The lowest BCUT2D eigenvalue weighted by Gasteiger charge is -2.10. The Balaban J connectivity index is 1.99. The molecule has 7 nitrogen and oxygen atoms in total. The maximum Gasteiger partial charge on any atom is 0.268 e. The molecule has 0 unspecified atom stereocenters. The first-order chi connectivity index (χ1) is 11.8. The lowest BCUT2D eigenvalue weighted by atomic mass is 10.3. The quantitative estimate of drug-likeness (QED) is 0.767. The molecular weight excluding hydrogens is 352 g/mol. The summed E-state index contributed by atoms with van der Waals surface area (Å²) in [5.74, 6) is -2.21. The van der Waals surface area contributed by atoms with Gasteiger partial charge in [-0.25, -0.2) is 31.8 Å². The Morgan fingerprint density at radius 2 is 1.76 bits per heavy atom. The van der Waals surface area contributed by atoms with Crippen molar-refractivity contribution in [2.45, 2.75) is 18.7 Å². The van der Waals surface area contributed by atoms with E-state index in [1.54, 1.807) is 13.8 Å². The minimum Gasteiger partial charge on any atom is -0.263 e. The maximum atomic E-state index is 13.7. The summed E-state index contributed by atoms with van der Waals surface area (Å²) >= 11 is 0. The van der Waals surface area contributed by atoms with E-state index in [1.807, 2.05) is 6.07 Å². The highest BCUT2D eigenvalue weighted by atomic mass is 32.2. The normalized spacial score (nSPS) is 11.5. The molecule has 0 amide bonds. The number of aryl methyl sites for hydroxylation is 2. The van der Waals surface area contributed by atoms with E-state index < -0.39 is 26.6 Å². The zero-order valence-electron chi connectivity index (χ0n) is 13.2. The average Bonchev–Trinajstić information content (AvgIpc) is 2.85. The molecule has 1 N–H and O–H groups in total. The zero-order chi connectivity index (χ0) is 18.2. The second-order valence-electron chi connectivity index (χ2n) is 5.26. The summed E-state index contributed by atoms with van der Waals surface area (Å²) in [6, 6.07) is 5.93. The van der Waals surface area contributed by atoms with Gasteiger partial charge in [0, 0.05) is 11.8 Å². The second-order valence-corrected chi connectivity index (χ2v) is 6.88. The van der Waals surface area contributed by atoms with Crippen LogP contribution in [0.3, 0.4) is 0 Å². The molecule has 0 saturated heterocycles. The van der Waals surface area contributed by atoms with Gasteiger partial charge in [-0.1, -0.05) is 6.07 Å². The molecule has 0 radical (unpaired) electrons. The molecule has 3 rings (SSSR count). The van der Waals surface area contributed by atoms with Gasteiger partial charge in [0.25, 0.3) is 10.0 Å². The Labute approximate surface area is 142 Å². The number of benzene rings is 1. The van der Waals surface area contributed by atoms with Crippen LogP contribution in [0.2, 0.25) is 0 Å². The van der Waals surface area contributed by atoms with Crippen LogP contribution >= 0.6 is 0 Å². The van der Waals surface area contributed by atoms with Crippen LogP contribution < -0.4 is 4.72 Å². The van der Waals surface area contributed by atoms with E-state index in [1.165, 1.54) is 10.7 Å². The fraction of sp³-hybridized carbons (Fsp3) is 0.133. The van der Waals surface area contributed by atoms with Crippen molar-refractivity contribution in [1.29, 1.82) is 0 Å². The summed E-state index contributed by atoms with van der Waals surface area (Å²) < 4.78 is 55.6. The highest BCUT2D eigenvalue weighted by molar-refractivity contribution is 7.92. The third-order valence-electron chi connectivity index (χ3n) is 3.31. The molecule has 25 heavy (non-hydrogen) atoms. The first-order valence-corrected chi connectivity index (χ1v) is 8.59. The molecule has 0 saturated carbocycles. The van der Waals surface area contributed by atoms with Crippen molar-refractivity contribution in [3.8, 4) is 5.82 Å². The SMILES string of the molecule is Cc1cc(C)n(-c2cc(NS(=O)(=O)c3c(F)cccc3F)ncn2)n1. The van der Waals surface area contributed by atoms with Gasteiger partial charge >= 0.3 is 0 Å². The minimum atomic E-state index is -4.50. The first-order valence-electron chi connectivity index (χ1n) is 7.10. The van der Waals surface area contributed by atoms with E-state index in [-0.39, 0.29) is 5.82 Å². The molecular formula is C15H13F2N5O2S. The van der Waals surface area contributed by atoms with E-state index >= 15 is 0 Å². The van der Waals surface area contributed by atoms with Crippen LogP contribution in [0.5, 0.6) is 0 Å². The summed E-state index contributed by atoms with van der Waals surface area (Å²) in [6.45, 7) is 3.61. The Morgan fingerprint density at radius 3 is 2.36 bits per heavy atom. The number of hydrogen-bond donors (Lipinski definition) is 1. The van der Waals surface area contributed by atoms with Gasteiger partial charge in [-0.2, -0.15) is 5.10 Å². The van der Waals surface area contributed by atoms with Crippen LogP contribution in [0.4, 0.5) is 14.6 Å². The highest BCUT2D eigenvalue weighted by Gasteiger charge is 2.24. The largest absolute Gasteiger partial charge is 0.268 e. The molecule has 3 aromatic rings. The van der Waals surface area contributed by atoms with Crippen molar-refractivity contribution < 1.29 is 17.2 Å². The summed E-state index contributed by atoms with van der Waals surface area (Å²) in [6.07, 6.45) is 1.13. The lowest BCUT2D eigenvalue weighted by Crippen LogP contribution is -2.17. The molecule has 10 heteroatoms. The average molecular weight is 365 g/mol. The van der Waals surface area contributed by atoms with Gasteiger partial charge in [0.15, 0.2) is 10.7 Å². The van der Waals surface area contributed by atoms with Crippen LogP contribution in [-0.4, -0.2) is 28.2 Å².